The molecule has 1 rings (SSSR count). The van der Waals surface area contributed by atoms with Gasteiger partial charge in [-0.1, -0.05) is 34.7 Å². The lowest BCUT2D eigenvalue weighted by atomic mass is 10.1. The lowest BCUT2D eigenvalue weighted by Gasteiger charge is -2.06. The molecule has 40 valence electrons. The fourth-order valence-electron chi connectivity index (χ4n) is 0.771. The molecule has 0 saturated carbocycles. The largest absolute Gasteiger partial charge is 0.0875 e. The molecule has 0 amide bonds. The first kappa shape index (κ1) is 5.60. The maximum atomic E-state index is 2.47. The monoisotopic (exact) mass is 208 g/mol. The van der Waals surface area contributed by atoms with Gasteiger partial charge in [0.15, 0.2) is 0 Å². The van der Waals surface area contributed by atoms with Crippen LogP contribution in [0.15, 0.2) is 12.2 Å². The summed E-state index contributed by atoms with van der Waals surface area (Å²) in [6.07, 6.45) is 8.66. The van der Waals surface area contributed by atoms with Crippen molar-refractivity contribution in [3.05, 3.63) is 12.2 Å². The summed E-state index contributed by atoms with van der Waals surface area (Å²) in [5, 5.41) is 0. The Morgan fingerprint density at radius 3 is 2.71 bits per heavy atom. The minimum Gasteiger partial charge on any atom is -0.0875 e. The van der Waals surface area contributed by atoms with E-state index in [0.717, 1.165) is 3.92 Å². The van der Waals surface area contributed by atoms with Gasteiger partial charge in [0, 0.05) is 3.92 Å². The first-order valence-electron chi connectivity index (χ1n) is 2.70. The second-order valence-corrected chi connectivity index (χ2v) is 3.48. The van der Waals surface area contributed by atoms with Gasteiger partial charge in [-0.25, -0.2) is 0 Å². The van der Waals surface area contributed by atoms with E-state index in [1.807, 2.05) is 0 Å². The summed E-state index contributed by atoms with van der Waals surface area (Å²) >= 11 is 2.47. The van der Waals surface area contributed by atoms with Crippen LogP contribution in [0.3, 0.4) is 0 Å². The average Bonchev–Trinajstić information content (AvgIpc) is 1.69. The van der Waals surface area contributed by atoms with Gasteiger partial charge in [-0.2, -0.15) is 0 Å². The van der Waals surface area contributed by atoms with Crippen LogP contribution < -0.4 is 0 Å². The van der Waals surface area contributed by atoms with Crippen LogP contribution >= 0.6 is 22.6 Å². The van der Waals surface area contributed by atoms with Crippen molar-refractivity contribution in [2.24, 2.45) is 0 Å². The summed E-state index contributed by atoms with van der Waals surface area (Å²) in [6, 6.07) is 0. The molecule has 0 N–H and O–H groups in total. The smallest absolute Gasteiger partial charge is 0.0289 e. The van der Waals surface area contributed by atoms with Crippen molar-refractivity contribution in [3.63, 3.8) is 0 Å². The highest BCUT2D eigenvalue weighted by molar-refractivity contribution is 14.1. The van der Waals surface area contributed by atoms with E-state index < -0.39 is 0 Å². The van der Waals surface area contributed by atoms with E-state index in [9.17, 15) is 0 Å². The Labute approximate surface area is 58.1 Å². The van der Waals surface area contributed by atoms with Crippen molar-refractivity contribution in [2.45, 2.75) is 23.2 Å². The third-order valence-electron chi connectivity index (χ3n) is 1.20. The predicted octanol–water partition coefficient (Wildman–Crippen LogP) is 2.53. The van der Waals surface area contributed by atoms with Gasteiger partial charge < -0.3 is 0 Å². The van der Waals surface area contributed by atoms with Gasteiger partial charge in [0.2, 0.25) is 0 Å². The lowest BCUT2D eigenvalue weighted by molar-refractivity contribution is 0.754. The Balaban J connectivity index is 2.36. The van der Waals surface area contributed by atoms with Gasteiger partial charge in [-0.15, -0.1) is 0 Å². The summed E-state index contributed by atoms with van der Waals surface area (Å²) in [6.45, 7) is 0. The van der Waals surface area contributed by atoms with Crippen molar-refractivity contribution in [1.29, 1.82) is 0 Å². The van der Waals surface area contributed by atoms with Gasteiger partial charge in [-0.05, 0) is 19.3 Å². The molecule has 0 aromatic rings. The first-order valence-corrected chi connectivity index (χ1v) is 3.95. The number of alkyl halides is 1. The van der Waals surface area contributed by atoms with E-state index >= 15 is 0 Å². The number of halogens is 1. The van der Waals surface area contributed by atoms with Crippen LogP contribution in [-0.4, -0.2) is 3.92 Å². The molecule has 0 saturated heterocycles. The van der Waals surface area contributed by atoms with Gasteiger partial charge in [-0.3, -0.25) is 0 Å². The fraction of sp³-hybridized carbons (Fsp3) is 0.667. The van der Waals surface area contributed by atoms with Crippen LogP contribution in [-0.2, 0) is 0 Å². The van der Waals surface area contributed by atoms with Gasteiger partial charge >= 0.3 is 0 Å². The third-order valence-corrected chi connectivity index (χ3v) is 2.23. The molecule has 0 aromatic carbocycles. The second kappa shape index (κ2) is 2.70. The van der Waals surface area contributed by atoms with E-state index in [2.05, 4.69) is 34.7 Å². The summed E-state index contributed by atoms with van der Waals surface area (Å²) in [4.78, 5) is 0. The molecular weight excluding hydrogens is 199 g/mol. The van der Waals surface area contributed by atoms with Crippen molar-refractivity contribution >= 4 is 22.6 Å². The molecule has 0 unspecified atom stereocenters. The number of hydrogen-bond donors (Lipinski definition) is 0. The quantitative estimate of drug-likeness (QED) is 0.326. The molecule has 0 spiro atoms. The normalized spacial score (nSPS) is 30.7. The zero-order valence-corrected chi connectivity index (χ0v) is 6.39. The standard InChI is InChI=1S/C6H9I/c7-6-4-2-1-3-5-6/h2,4,6H,1,3,5H2/t6-/m1/s1. The molecule has 0 radical (unpaired) electrons. The molecule has 1 atom stereocenters. The van der Waals surface area contributed by atoms with Crippen molar-refractivity contribution < 1.29 is 0 Å². The minimum atomic E-state index is 0.825. The summed E-state index contributed by atoms with van der Waals surface area (Å²) in [5.41, 5.74) is 0. The van der Waals surface area contributed by atoms with Gasteiger partial charge in [0.25, 0.3) is 0 Å². The molecule has 0 aliphatic heterocycles. The molecule has 0 bridgehead atoms. The molecule has 1 heteroatoms. The van der Waals surface area contributed by atoms with Crippen LogP contribution in [0.2, 0.25) is 0 Å². The first-order chi connectivity index (χ1) is 3.39. The minimum absolute atomic E-state index is 0.825. The maximum absolute atomic E-state index is 2.47. The third kappa shape index (κ3) is 1.80. The van der Waals surface area contributed by atoms with Gasteiger partial charge in [0.1, 0.15) is 0 Å². The van der Waals surface area contributed by atoms with E-state index in [0.29, 0.717) is 0 Å². The molecular formula is C6H9I. The van der Waals surface area contributed by atoms with Gasteiger partial charge in [0.05, 0.1) is 0 Å². The van der Waals surface area contributed by atoms with Crippen molar-refractivity contribution in [3.8, 4) is 0 Å². The molecule has 1 aliphatic carbocycles. The van der Waals surface area contributed by atoms with Crippen LogP contribution in [0.5, 0.6) is 0 Å². The number of allylic oxidation sites excluding steroid dienone is 2. The maximum Gasteiger partial charge on any atom is 0.0289 e. The predicted molar refractivity (Wildman–Crippen MR) is 40.8 cm³/mol. The highest BCUT2D eigenvalue weighted by atomic mass is 127. The van der Waals surface area contributed by atoms with E-state index in [4.69, 9.17) is 0 Å². The SMILES string of the molecule is I[C@@H]1C=CCCC1. The van der Waals surface area contributed by atoms with E-state index in [-0.39, 0.29) is 0 Å². The zero-order chi connectivity index (χ0) is 5.11. The van der Waals surface area contributed by atoms with Crippen LogP contribution in [0, 0.1) is 0 Å². The second-order valence-electron chi connectivity index (χ2n) is 1.88. The molecule has 1 aliphatic rings. The van der Waals surface area contributed by atoms with Crippen molar-refractivity contribution in [2.75, 3.05) is 0 Å². The van der Waals surface area contributed by atoms with Crippen LogP contribution in [0.4, 0.5) is 0 Å². The Hall–Kier alpha value is 0.470. The highest BCUT2D eigenvalue weighted by Gasteiger charge is 2.00. The summed E-state index contributed by atoms with van der Waals surface area (Å²) in [7, 11) is 0. The molecule has 0 aromatic heterocycles. The molecule has 0 fully saturated rings. The Kier molecular flexibility index (Phi) is 2.16. The highest BCUT2D eigenvalue weighted by Crippen LogP contribution is 2.16. The topological polar surface area (TPSA) is 0 Å². The summed E-state index contributed by atoms with van der Waals surface area (Å²) < 4.78 is 0.825. The van der Waals surface area contributed by atoms with Crippen LogP contribution in [0.1, 0.15) is 19.3 Å². The van der Waals surface area contributed by atoms with E-state index in [1.165, 1.54) is 19.3 Å². The van der Waals surface area contributed by atoms with E-state index in [1.54, 1.807) is 0 Å². The Morgan fingerprint density at radius 1 is 1.57 bits per heavy atom. The average molecular weight is 208 g/mol. The number of hydrogen-bond acceptors (Lipinski definition) is 0. The molecule has 0 heterocycles. The fourth-order valence-corrected chi connectivity index (χ4v) is 1.50. The Bertz CT molecular complexity index is 76.2. The molecule has 7 heavy (non-hydrogen) atoms. The zero-order valence-electron chi connectivity index (χ0n) is 4.23. The Morgan fingerprint density at radius 2 is 2.43 bits per heavy atom. The lowest BCUT2D eigenvalue weighted by Crippen LogP contribution is -1.95. The van der Waals surface area contributed by atoms with Crippen molar-refractivity contribution in [1.82, 2.24) is 0 Å². The van der Waals surface area contributed by atoms with Crippen LogP contribution in [0.25, 0.3) is 0 Å². The number of rotatable bonds is 0. The summed E-state index contributed by atoms with van der Waals surface area (Å²) in [5.74, 6) is 0. The molecule has 0 nitrogen and oxygen atoms in total.